The molecule has 0 bridgehead atoms. The zero-order valence-corrected chi connectivity index (χ0v) is 13.5. The Labute approximate surface area is 145 Å². The minimum absolute atomic E-state index is 0.0232. The summed E-state index contributed by atoms with van der Waals surface area (Å²) < 4.78 is 57.9. The van der Waals surface area contributed by atoms with Crippen molar-refractivity contribution in [2.75, 3.05) is 7.11 Å². The molecule has 0 spiro atoms. The molecule has 1 N–H and O–H groups in total. The number of hydrogen-bond donors (Lipinski definition) is 1. The number of pyridine rings is 1. The Morgan fingerprint density at radius 2 is 2.04 bits per heavy atom. The number of aromatic nitrogens is 1. The third-order valence-electron chi connectivity index (χ3n) is 4.15. The summed E-state index contributed by atoms with van der Waals surface area (Å²) in [4.78, 5) is 15.2. The minimum Gasteiger partial charge on any atom is -0.478 e. The topological polar surface area (TPSA) is 59.4 Å². The molecule has 4 nitrogen and oxygen atoms in total. The Bertz CT molecular complexity index is 998. The average Bonchev–Trinajstić information content (AvgIpc) is 2.59. The van der Waals surface area contributed by atoms with E-state index in [1.54, 1.807) is 6.08 Å². The summed E-state index contributed by atoms with van der Waals surface area (Å²) in [5.41, 5.74) is -0.800. The number of benzene rings is 1. The van der Waals surface area contributed by atoms with Crippen molar-refractivity contribution in [2.45, 2.75) is 18.7 Å². The van der Waals surface area contributed by atoms with E-state index in [1.165, 1.54) is 13.2 Å². The maximum atomic E-state index is 14.4. The van der Waals surface area contributed by atoms with Gasteiger partial charge in [0.2, 0.25) is 0 Å². The first kappa shape index (κ1) is 18.1. The molecule has 1 aliphatic rings. The van der Waals surface area contributed by atoms with Crippen molar-refractivity contribution in [3.8, 4) is 0 Å². The molecule has 0 aliphatic heterocycles. The molecular weight excluding hydrogens is 354 g/mol. The van der Waals surface area contributed by atoms with E-state index in [0.717, 1.165) is 18.3 Å². The summed E-state index contributed by atoms with van der Waals surface area (Å²) in [7, 11) is 1.43. The van der Waals surface area contributed by atoms with Crippen LogP contribution in [0.4, 0.5) is 17.6 Å². The average molecular weight is 367 g/mol. The van der Waals surface area contributed by atoms with Crippen molar-refractivity contribution in [1.82, 2.24) is 4.98 Å². The number of fused-ring (bicyclic) bond motifs is 1. The fourth-order valence-corrected chi connectivity index (χ4v) is 2.86. The standard InChI is InChI=1S/C18H13F4NO3/c1-26-12-5-9-4-10(17(24)25)8-23-16(9)14(7-12)13-3-2-11(6-15(13)19)18(20,21)22/h2-6,8,12H,7H2,1H3,(H,24,25). The van der Waals surface area contributed by atoms with E-state index in [0.29, 0.717) is 22.2 Å². The molecular formula is C18H13F4NO3. The third-order valence-corrected chi connectivity index (χ3v) is 4.15. The van der Waals surface area contributed by atoms with Gasteiger partial charge in [0.15, 0.2) is 0 Å². The van der Waals surface area contributed by atoms with E-state index in [4.69, 9.17) is 9.84 Å². The van der Waals surface area contributed by atoms with Gasteiger partial charge in [-0.25, -0.2) is 9.18 Å². The van der Waals surface area contributed by atoms with Crippen molar-refractivity contribution in [1.29, 1.82) is 0 Å². The van der Waals surface area contributed by atoms with E-state index >= 15 is 0 Å². The second kappa shape index (κ2) is 6.53. The molecule has 26 heavy (non-hydrogen) atoms. The molecule has 1 aromatic carbocycles. The van der Waals surface area contributed by atoms with Gasteiger partial charge >= 0.3 is 12.1 Å². The van der Waals surface area contributed by atoms with Crippen molar-refractivity contribution in [3.63, 3.8) is 0 Å². The molecule has 3 rings (SSSR count). The number of methoxy groups -OCH3 is 1. The predicted molar refractivity (Wildman–Crippen MR) is 84.2 cm³/mol. The van der Waals surface area contributed by atoms with Crippen LogP contribution in [0.15, 0.2) is 30.5 Å². The summed E-state index contributed by atoms with van der Waals surface area (Å²) in [6.07, 6.45) is -2.15. The van der Waals surface area contributed by atoms with Crippen molar-refractivity contribution >= 4 is 17.6 Å². The highest BCUT2D eigenvalue weighted by Crippen LogP contribution is 2.32. The van der Waals surface area contributed by atoms with Crippen LogP contribution in [0.2, 0.25) is 0 Å². The first-order valence-electron chi connectivity index (χ1n) is 7.55. The predicted octanol–water partition coefficient (Wildman–Crippen LogP) is 2.34. The van der Waals surface area contributed by atoms with Crippen LogP contribution >= 0.6 is 0 Å². The number of ether oxygens (including phenoxy) is 1. The van der Waals surface area contributed by atoms with Crippen molar-refractivity contribution in [3.05, 3.63) is 63.5 Å². The highest BCUT2D eigenvalue weighted by molar-refractivity contribution is 5.87. The monoisotopic (exact) mass is 367 g/mol. The lowest BCUT2D eigenvalue weighted by molar-refractivity contribution is -0.137. The Kier molecular flexibility index (Phi) is 4.53. The summed E-state index contributed by atoms with van der Waals surface area (Å²) in [5, 5.41) is 9.83. The third kappa shape index (κ3) is 3.32. The number of nitrogens with zero attached hydrogens (tertiary/aromatic N) is 1. The molecule has 136 valence electrons. The van der Waals surface area contributed by atoms with Gasteiger partial charge in [-0.15, -0.1) is 0 Å². The number of aromatic carboxylic acids is 1. The van der Waals surface area contributed by atoms with E-state index in [2.05, 4.69) is 4.98 Å². The van der Waals surface area contributed by atoms with Crippen LogP contribution in [0.1, 0.15) is 27.9 Å². The van der Waals surface area contributed by atoms with Crippen LogP contribution in [0, 0.1) is 5.82 Å². The fourth-order valence-electron chi connectivity index (χ4n) is 2.86. The van der Waals surface area contributed by atoms with Gasteiger partial charge < -0.3 is 9.84 Å². The van der Waals surface area contributed by atoms with Gasteiger partial charge in [-0.05, 0) is 35.1 Å². The molecule has 1 atom stereocenters. The van der Waals surface area contributed by atoms with Crippen LogP contribution in [0.3, 0.4) is 0 Å². The molecule has 1 unspecified atom stereocenters. The molecule has 0 saturated heterocycles. The Morgan fingerprint density at radius 3 is 2.62 bits per heavy atom. The zero-order valence-electron chi connectivity index (χ0n) is 13.5. The Hall–Kier alpha value is -2.74. The highest BCUT2D eigenvalue weighted by Gasteiger charge is 2.31. The first-order chi connectivity index (χ1) is 12.2. The fraction of sp³-hybridized carbons (Fsp3) is 0.222. The second-order valence-electron chi connectivity index (χ2n) is 5.78. The Morgan fingerprint density at radius 1 is 1.31 bits per heavy atom. The lowest BCUT2D eigenvalue weighted by atomic mass is 9.93. The number of carbonyl (C=O) groups is 1. The largest absolute Gasteiger partial charge is 0.478 e. The van der Waals surface area contributed by atoms with Crippen LogP contribution < -0.4 is 10.6 Å². The summed E-state index contributed by atoms with van der Waals surface area (Å²) in [5.74, 6) is -2.20. The maximum Gasteiger partial charge on any atom is 0.416 e. The number of alkyl halides is 3. The SMILES string of the molecule is COC1C=c2cc(C(=O)O)cnc2=C(c2ccc(C(F)(F)F)cc2F)C1. The number of hydrogen-bond acceptors (Lipinski definition) is 3. The Balaban J connectivity index is 2.24. The van der Waals surface area contributed by atoms with Gasteiger partial charge in [0.05, 0.1) is 22.6 Å². The van der Waals surface area contributed by atoms with Gasteiger partial charge in [-0.2, -0.15) is 13.2 Å². The molecule has 0 amide bonds. The van der Waals surface area contributed by atoms with Crippen LogP contribution in [0.25, 0.3) is 11.6 Å². The zero-order chi connectivity index (χ0) is 19.1. The molecule has 1 aromatic heterocycles. The molecule has 8 heteroatoms. The molecule has 0 fully saturated rings. The maximum absolute atomic E-state index is 14.4. The number of rotatable bonds is 3. The number of carboxylic acids is 1. The van der Waals surface area contributed by atoms with Gasteiger partial charge in [-0.3, -0.25) is 4.98 Å². The van der Waals surface area contributed by atoms with Crippen LogP contribution in [-0.2, 0) is 10.9 Å². The van der Waals surface area contributed by atoms with Crippen LogP contribution in [-0.4, -0.2) is 29.3 Å². The summed E-state index contributed by atoms with van der Waals surface area (Å²) in [6.45, 7) is 0. The highest BCUT2D eigenvalue weighted by atomic mass is 19.4. The lowest BCUT2D eigenvalue weighted by Gasteiger charge is -2.19. The van der Waals surface area contributed by atoms with E-state index in [9.17, 15) is 22.4 Å². The smallest absolute Gasteiger partial charge is 0.416 e. The number of carboxylic acid groups (broad SMARTS) is 1. The van der Waals surface area contributed by atoms with E-state index in [-0.39, 0.29) is 17.5 Å². The van der Waals surface area contributed by atoms with E-state index < -0.39 is 29.6 Å². The second-order valence-corrected chi connectivity index (χ2v) is 5.78. The minimum atomic E-state index is -4.65. The van der Waals surface area contributed by atoms with Crippen LogP contribution in [0.5, 0.6) is 0 Å². The lowest BCUT2D eigenvalue weighted by Crippen LogP contribution is -2.38. The summed E-state index contributed by atoms with van der Waals surface area (Å²) in [6, 6.07) is 3.67. The first-order valence-corrected chi connectivity index (χ1v) is 7.55. The van der Waals surface area contributed by atoms with Gasteiger partial charge in [0.25, 0.3) is 0 Å². The van der Waals surface area contributed by atoms with Crippen molar-refractivity contribution < 1.29 is 32.2 Å². The quantitative estimate of drug-likeness (QED) is 0.846. The summed E-state index contributed by atoms with van der Waals surface area (Å²) >= 11 is 0. The normalized spacial score (nSPS) is 16.8. The van der Waals surface area contributed by atoms with Gasteiger partial charge in [0, 0.05) is 25.3 Å². The van der Waals surface area contributed by atoms with Crippen molar-refractivity contribution in [2.24, 2.45) is 0 Å². The van der Waals surface area contributed by atoms with Gasteiger partial charge in [-0.1, -0.05) is 6.07 Å². The van der Waals surface area contributed by atoms with E-state index in [1.807, 2.05) is 0 Å². The molecule has 0 saturated carbocycles. The number of halogens is 4. The molecule has 2 aromatic rings. The molecule has 1 heterocycles. The van der Waals surface area contributed by atoms with Gasteiger partial charge in [0.1, 0.15) is 5.82 Å². The molecule has 0 radical (unpaired) electrons. The molecule has 1 aliphatic carbocycles.